The molecule has 80 valence electrons. The normalized spacial score (nSPS) is 11.8. The first-order valence-electron chi connectivity index (χ1n) is 4.34. The van der Waals surface area contributed by atoms with E-state index in [1.165, 1.54) is 0 Å². The van der Waals surface area contributed by atoms with E-state index in [2.05, 4.69) is 5.32 Å². The van der Waals surface area contributed by atoms with Crippen LogP contribution in [-0.2, 0) is 4.79 Å². The smallest absolute Gasteiger partial charge is 0.328 e. The highest BCUT2D eigenvalue weighted by Gasteiger charge is 2.17. The predicted molar refractivity (Wildman–Crippen MR) is 59.8 cm³/mol. The topological polar surface area (TPSA) is 69.6 Å². The fraction of sp³-hybridized carbons (Fsp3) is 0.200. The van der Waals surface area contributed by atoms with Crippen LogP contribution in [0.2, 0.25) is 0 Å². The zero-order chi connectivity index (χ0) is 11.3. The lowest BCUT2D eigenvalue weighted by atomic mass is 10.2. The van der Waals surface area contributed by atoms with Crippen LogP contribution < -0.4 is 5.32 Å². The molecule has 0 bridgehead atoms. The lowest BCUT2D eigenvalue weighted by molar-refractivity contribution is -0.139. The minimum Gasteiger partial charge on any atom is -0.480 e. The molecule has 4 nitrogen and oxygen atoms in total. The SMILES string of the molecule is O=C(O)[C@H](CO)NC(=S)c1ccccc1. The Morgan fingerprint density at radius 3 is 2.47 bits per heavy atom. The Morgan fingerprint density at radius 1 is 1.40 bits per heavy atom. The summed E-state index contributed by atoms with van der Waals surface area (Å²) in [5.74, 6) is -1.13. The number of aliphatic carboxylic acids is 1. The zero-order valence-corrected chi connectivity index (χ0v) is 8.70. The molecule has 3 N–H and O–H groups in total. The lowest BCUT2D eigenvalue weighted by Gasteiger charge is -2.13. The number of nitrogens with one attached hydrogen (secondary N) is 1. The van der Waals surface area contributed by atoms with Crippen molar-refractivity contribution >= 4 is 23.2 Å². The van der Waals surface area contributed by atoms with Crippen LogP contribution in [0, 0.1) is 0 Å². The van der Waals surface area contributed by atoms with Crippen LogP contribution in [0.4, 0.5) is 0 Å². The van der Waals surface area contributed by atoms with Crippen molar-refractivity contribution in [3.8, 4) is 0 Å². The summed E-state index contributed by atoms with van der Waals surface area (Å²) in [5.41, 5.74) is 0.729. The molecule has 0 spiro atoms. The molecule has 0 unspecified atom stereocenters. The molecule has 0 aliphatic rings. The monoisotopic (exact) mass is 225 g/mol. The molecule has 0 fully saturated rings. The number of thiocarbonyl (C=S) groups is 1. The van der Waals surface area contributed by atoms with E-state index in [-0.39, 0.29) is 0 Å². The Labute approximate surface area is 92.5 Å². The minimum atomic E-state index is -1.13. The van der Waals surface area contributed by atoms with Crippen molar-refractivity contribution in [1.29, 1.82) is 0 Å². The number of carbonyl (C=O) groups is 1. The van der Waals surface area contributed by atoms with Crippen molar-refractivity contribution in [3.05, 3.63) is 35.9 Å². The number of rotatable bonds is 4. The first-order chi connectivity index (χ1) is 7.15. The molecule has 0 radical (unpaired) electrons. The molecule has 0 saturated heterocycles. The number of carboxylic acid groups (broad SMARTS) is 1. The summed E-state index contributed by atoms with van der Waals surface area (Å²) in [6.07, 6.45) is 0. The summed E-state index contributed by atoms with van der Waals surface area (Å²) in [7, 11) is 0. The van der Waals surface area contributed by atoms with E-state index in [1.807, 2.05) is 6.07 Å². The van der Waals surface area contributed by atoms with Crippen molar-refractivity contribution in [3.63, 3.8) is 0 Å². The first-order valence-corrected chi connectivity index (χ1v) is 4.75. The number of carboxylic acids is 1. The fourth-order valence-electron chi connectivity index (χ4n) is 1.02. The number of aliphatic hydroxyl groups is 1. The molecule has 0 aromatic heterocycles. The van der Waals surface area contributed by atoms with Gasteiger partial charge in [-0.05, 0) is 0 Å². The van der Waals surface area contributed by atoms with Crippen LogP contribution in [0.15, 0.2) is 30.3 Å². The molecular weight excluding hydrogens is 214 g/mol. The Balaban J connectivity index is 2.67. The number of hydrogen-bond donors (Lipinski definition) is 3. The zero-order valence-electron chi connectivity index (χ0n) is 7.88. The highest BCUT2D eigenvalue weighted by Crippen LogP contribution is 2.00. The average molecular weight is 225 g/mol. The summed E-state index contributed by atoms with van der Waals surface area (Å²) in [6, 6.07) is 7.93. The summed E-state index contributed by atoms with van der Waals surface area (Å²) in [4.78, 5) is 10.9. The van der Waals surface area contributed by atoms with Crippen LogP contribution in [0.25, 0.3) is 0 Å². The highest BCUT2D eigenvalue weighted by molar-refractivity contribution is 7.80. The van der Waals surface area contributed by atoms with Crippen molar-refractivity contribution < 1.29 is 15.0 Å². The molecule has 15 heavy (non-hydrogen) atoms. The summed E-state index contributed by atoms with van der Waals surface area (Å²) in [5, 5.41) is 20.0. The van der Waals surface area contributed by atoms with Gasteiger partial charge in [-0.1, -0.05) is 42.5 Å². The Morgan fingerprint density at radius 2 is 2.00 bits per heavy atom. The molecule has 0 amide bonds. The van der Waals surface area contributed by atoms with E-state index in [9.17, 15) is 4.79 Å². The Bertz CT molecular complexity index is 353. The molecule has 0 heterocycles. The van der Waals surface area contributed by atoms with Gasteiger partial charge in [-0.25, -0.2) is 4.79 Å². The Kier molecular flexibility index (Phi) is 4.20. The Hall–Kier alpha value is -1.46. The van der Waals surface area contributed by atoms with Crippen LogP contribution in [-0.4, -0.2) is 33.8 Å². The van der Waals surface area contributed by atoms with Gasteiger partial charge in [0.25, 0.3) is 0 Å². The van der Waals surface area contributed by atoms with Gasteiger partial charge in [-0.15, -0.1) is 0 Å². The molecule has 1 aromatic carbocycles. The van der Waals surface area contributed by atoms with E-state index in [4.69, 9.17) is 22.4 Å². The maximum absolute atomic E-state index is 10.6. The van der Waals surface area contributed by atoms with Crippen molar-refractivity contribution in [2.75, 3.05) is 6.61 Å². The van der Waals surface area contributed by atoms with Gasteiger partial charge in [0.15, 0.2) is 0 Å². The second-order valence-electron chi connectivity index (χ2n) is 2.91. The van der Waals surface area contributed by atoms with Crippen LogP contribution in [0.3, 0.4) is 0 Å². The third kappa shape index (κ3) is 3.30. The second-order valence-corrected chi connectivity index (χ2v) is 3.32. The predicted octanol–water partition coefficient (Wildman–Crippen LogP) is 0.397. The maximum Gasteiger partial charge on any atom is 0.328 e. The number of aliphatic hydroxyl groups excluding tert-OH is 1. The number of benzene rings is 1. The third-order valence-corrected chi connectivity index (χ3v) is 2.18. The first kappa shape index (κ1) is 11.6. The van der Waals surface area contributed by atoms with E-state index >= 15 is 0 Å². The molecule has 0 saturated carbocycles. The van der Waals surface area contributed by atoms with E-state index in [1.54, 1.807) is 24.3 Å². The summed E-state index contributed by atoms with van der Waals surface area (Å²) >= 11 is 5.00. The van der Waals surface area contributed by atoms with Crippen LogP contribution in [0.5, 0.6) is 0 Å². The molecule has 1 atom stereocenters. The van der Waals surface area contributed by atoms with Gasteiger partial charge >= 0.3 is 5.97 Å². The van der Waals surface area contributed by atoms with Gasteiger partial charge in [-0.2, -0.15) is 0 Å². The van der Waals surface area contributed by atoms with Crippen LogP contribution in [0.1, 0.15) is 5.56 Å². The molecular formula is C10H11NO3S. The molecule has 1 aromatic rings. The largest absolute Gasteiger partial charge is 0.480 e. The van der Waals surface area contributed by atoms with E-state index in [0.717, 1.165) is 5.56 Å². The van der Waals surface area contributed by atoms with Crippen molar-refractivity contribution in [1.82, 2.24) is 5.32 Å². The maximum atomic E-state index is 10.6. The van der Waals surface area contributed by atoms with Crippen molar-refractivity contribution in [2.45, 2.75) is 6.04 Å². The van der Waals surface area contributed by atoms with E-state index < -0.39 is 18.6 Å². The van der Waals surface area contributed by atoms with Crippen molar-refractivity contribution in [2.24, 2.45) is 0 Å². The summed E-state index contributed by atoms with van der Waals surface area (Å²) in [6.45, 7) is -0.498. The fourth-order valence-corrected chi connectivity index (χ4v) is 1.29. The van der Waals surface area contributed by atoms with Crippen LogP contribution >= 0.6 is 12.2 Å². The van der Waals surface area contributed by atoms with Gasteiger partial charge in [-0.3, -0.25) is 0 Å². The third-order valence-electron chi connectivity index (χ3n) is 1.82. The minimum absolute atomic E-state index is 0.317. The quantitative estimate of drug-likeness (QED) is 0.647. The second kappa shape index (κ2) is 5.43. The van der Waals surface area contributed by atoms with Gasteiger partial charge < -0.3 is 15.5 Å². The highest BCUT2D eigenvalue weighted by atomic mass is 32.1. The van der Waals surface area contributed by atoms with E-state index in [0.29, 0.717) is 4.99 Å². The van der Waals surface area contributed by atoms with Gasteiger partial charge in [0.05, 0.1) is 6.61 Å². The van der Waals surface area contributed by atoms with Gasteiger partial charge in [0.1, 0.15) is 11.0 Å². The summed E-state index contributed by atoms with van der Waals surface area (Å²) < 4.78 is 0. The standard InChI is InChI=1S/C10H11NO3S/c12-6-8(10(13)14)11-9(15)7-4-2-1-3-5-7/h1-5,8,12H,6H2,(H,11,15)(H,13,14)/t8-/m0/s1. The number of hydrogen-bond acceptors (Lipinski definition) is 3. The molecule has 0 aliphatic carbocycles. The lowest BCUT2D eigenvalue weighted by Crippen LogP contribution is -2.42. The molecule has 5 heteroatoms. The molecule has 0 aliphatic heterocycles. The van der Waals surface area contributed by atoms with Gasteiger partial charge in [0.2, 0.25) is 0 Å². The molecule has 1 rings (SSSR count). The average Bonchev–Trinajstić information content (AvgIpc) is 2.26. The van der Waals surface area contributed by atoms with Gasteiger partial charge in [0, 0.05) is 5.56 Å².